The lowest BCUT2D eigenvalue weighted by Gasteiger charge is -2.27. The van der Waals surface area contributed by atoms with Gasteiger partial charge in [0.15, 0.2) is 0 Å². The lowest BCUT2D eigenvalue weighted by atomic mass is 10.1. The summed E-state index contributed by atoms with van der Waals surface area (Å²) in [5, 5.41) is 0.549. The average molecular weight is 283 g/mol. The maximum absolute atomic E-state index is 12.6. The molecule has 0 fully saturated rings. The van der Waals surface area contributed by atoms with Gasteiger partial charge in [-0.05, 0) is 30.0 Å². The standard InChI is InChI=1S/C15H23ClN2O/c1-10(2)8-18(9-11(3)4)15(19)13-6-5-12(16)7-14(13)17/h5-7,10-11H,8-9,17H2,1-4H3. The Hall–Kier alpha value is -1.22. The Bertz CT molecular complexity index is 434. The number of carbonyl (C=O) groups excluding carboxylic acids is 1. The molecule has 0 aliphatic heterocycles. The zero-order valence-electron chi connectivity index (χ0n) is 12.1. The van der Waals surface area contributed by atoms with Gasteiger partial charge in [0.1, 0.15) is 0 Å². The monoisotopic (exact) mass is 282 g/mol. The third-order valence-corrected chi connectivity index (χ3v) is 2.94. The molecule has 0 unspecified atom stereocenters. The van der Waals surface area contributed by atoms with Crippen molar-refractivity contribution in [2.24, 2.45) is 11.8 Å². The van der Waals surface area contributed by atoms with E-state index in [1.54, 1.807) is 18.2 Å². The van der Waals surface area contributed by atoms with Crippen molar-refractivity contribution in [3.05, 3.63) is 28.8 Å². The largest absolute Gasteiger partial charge is 0.398 e. The topological polar surface area (TPSA) is 46.3 Å². The van der Waals surface area contributed by atoms with E-state index in [1.165, 1.54) is 0 Å². The fourth-order valence-electron chi connectivity index (χ4n) is 2.02. The van der Waals surface area contributed by atoms with Gasteiger partial charge in [-0.2, -0.15) is 0 Å². The first-order valence-corrected chi connectivity index (χ1v) is 7.03. The Labute approximate surface area is 120 Å². The zero-order chi connectivity index (χ0) is 14.6. The molecule has 0 spiro atoms. The van der Waals surface area contributed by atoms with Crippen molar-refractivity contribution < 1.29 is 4.79 Å². The van der Waals surface area contributed by atoms with E-state index < -0.39 is 0 Å². The van der Waals surface area contributed by atoms with Gasteiger partial charge in [-0.3, -0.25) is 4.79 Å². The molecule has 0 aromatic heterocycles. The predicted molar refractivity (Wildman–Crippen MR) is 81.4 cm³/mol. The van der Waals surface area contributed by atoms with Crippen molar-refractivity contribution in [1.82, 2.24) is 4.90 Å². The van der Waals surface area contributed by atoms with Crippen LogP contribution in [0.1, 0.15) is 38.1 Å². The number of nitrogens with two attached hydrogens (primary N) is 1. The molecule has 3 nitrogen and oxygen atoms in total. The summed E-state index contributed by atoms with van der Waals surface area (Å²) in [6.45, 7) is 9.88. The van der Waals surface area contributed by atoms with E-state index >= 15 is 0 Å². The lowest BCUT2D eigenvalue weighted by Crippen LogP contribution is -2.37. The number of benzene rings is 1. The van der Waals surface area contributed by atoms with Crippen molar-refractivity contribution in [1.29, 1.82) is 0 Å². The van der Waals surface area contributed by atoms with Crippen molar-refractivity contribution in [2.75, 3.05) is 18.8 Å². The summed E-state index contributed by atoms with van der Waals surface area (Å²) in [7, 11) is 0. The van der Waals surface area contributed by atoms with Crippen molar-refractivity contribution in [3.63, 3.8) is 0 Å². The summed E-state index contributed by atoms with van der Waals surface area (Å²) in [5.74, 6) is 0.837. The molecule has 19 heavy (non-hydrogen) atoms. The molecule has 1 aromatic rings. The van der Waals surface area contributed by atoms with Gasteiger partial charge >= 0.3 is 0 Å². The van der Waals surface area contributed by atoms with Gasteiger partial charge in [-0.15, -0.1) is 0 Å². The average Bonchev–Trinajstić information content (AvgIpc) is 2.26. The maximum atomic E-state index is 12.6. The number of hydrogen-bond acceptors (Lipinski definition) is 2. The highest BCUT2D eigenvalue weighted by atomic mass is 35.5. The minimum Gasteiger partial charge on any atom is -0.398 e. The fraction of sp³-hybridized carbons (Fsp3) is 0.533. The molecule has 1 aromatic carbocycles. The van der Waals surface area contributed by atoms with Crippen LogP contribution in [0.25, 0.3) is 0 Å². The molecule has 0 heterocycles. The highest BCUT2D eigenvalue weighted by molar-refractivity contribution is 6.31. The van der Waals surface area contributed by atoms with E-state index in [0.717, 1.165) is 13.1 Å². The summed E-state index contributed by atoms with van der Waals surface area (Å²) >= 11 is 5.86. The Morgan fingerprint density at radius 2 is 1.74 bits per heavy atom. The maximum Gasteiger partial charge on any atom is 0.255 e. The number of hydrogen-bond donors (Lipinski definition) is 1. The smallest absolute Gasteiger partial charge is 0.255 e. The molecule has 0 bridgehead atoms. The molecule has 1 amide bonds. The van der Waals surface area contributed by atoms with Gasteiger partial charge in [-0.1, -0.05) is 39.3 Å². The summed E-state index contributed by atoms with van der Waals surface area (Å²) in [4.78, 5) is 14.4. The van der Waals surface area contributed by atoms with Crippen molar-refractivity contribution >= 4 is 23.2 Å². The van der Waals surface area contributed by atoms with Crippen LogP contribution in [-0.2, 0) is 0 Å². The van der Waals surface area contributed by atoms with E-state index in [4.69, 9.17) is 17.3 Å². The SMILES string of the molecule is CC(C)CN(CC(C)C)C(=O)c1ccc(Cl)cc1N. The molecule has 1 rings (SSSR count). The zero-order valence-corrected chi connectivity index (χ0v) is 12.9. The number of anilines is 1. The molecule has 2 N–H and O–H groups in total. The van der Waals surface area contributed by atoms with E-state index in [-0.39, 0.29) is 5.91 Å². The minimum atomic E-state index is -0.0171. The van der Waals surface area contributed by atoms with Crippen LogP contribution in [0.15, 0.2) is 18.2 Å². The Morgan fingerprint density at radius 3 is 2.16 bits per heavy atom. The van der Waals surface area contributed by atoms with Gasteiger partial charge in [0.2, 0.25) is 0 Å². The lowest BCUT2D eigenvalue weighted by molar-refractivity contribution is 0.0716. The van der Waals surface area contributed by atoms with E-state index in [1.807, 2.05) is 4.90 Å². The van der Waals surface area contributed by atoms with Crippen LogP contribution in [0.2, 0.25) is 5.02 Å². The first kappa shape index (κ1) is 15.8. The minimum absolute atomic E-state index is 0.0171. The van der Waals surface area contributed by atoms with Gasteiger partial charge in [0.25, 0.3) is 5.91 Å². The van der Waals surface area contributed by atoms with Crippen LogP contribution >= 0.6 is 11.6 Å². The number of nitrogen functional groups attached to an aromatic ring is 1. The Kier molecular flexibility index (Phi) is 5.67. The number of amides is 1. The molecule has 106 valence electrons. The molecule has 0 saturated carbocycles. The van der Waals surface area contributed by atoms with Gasteiger partial charge in [-0.25, -0.2) is 0 Å². The summed E-state index contributed by atoms with van der Waals surface area (Å²) in [6.07, 6.45) is 0. The van der Waals surface area contributed by atoms with Crippen molar-refractivity contribution in [2.45, 2.75) is 27.7 Å². The van der Waals surface area contributed by atoms with Gasteiger partial charge < -0.3 is 10.6 Å². The summed E-state index contributed by atoms with van der Waals surface area (Å²) in [6, 6.07) is 5.03. The van der Waals surface area contributed by atoms with Crippen LogP contribution in [-0.4, -0.2) is 23.9 Å². The first-order chi connectivity index (χ1) is 8.81. The van der Waals surface area contributed by atoms with Gasteiger partial charge in [0.05, 0.1) is 5.56 Å². The number of rotatable bonds is 5. The van der Waals surface area contributed by atoms with E-state index in [2.05, 4.69) is 27.7 Å². The molecule has 4 heteroatoms. The Balaban J connectivity index is 2.97. The molecular weight excluding hydrogens is 260 g/mol. The normalized spacial score (nSPS) is 11.1. The highest BCUT2D eigenvalue weighted by Gasteiger charge is 2.19. The summed E-state index contributed by atoms with van der Waals surface area (Å²) < 4.78 is 0. The number of carbonyl (C=O) groups is 1. The third-order valence-electron chi connectivity index (χ3n) is 2.70. The number of halogens is 1. The fourth-order valence-corrected chi connectivity index (χ4v) is 2.20. The highest BCUT2D eigenvalue weighted by Crippen LogP contribution is 2.20. The first-order valence-electron chi connectivity index (χ1n) is 6.65. The Morgan fingerprint density at radius 1 is 1.21 bits per heavy atom. The molecule has 0 atom stereocenters. The molecule has 0 saturated heterocycles. The van der Waals surface area contributed by atoms with Crippen LogP contribution in [0.5, 0.6) is 0 Å². The van der Waals surface area contributed by atoms with Crippen LogP contribution < -0.4 is 5.73 Å². The van der Waals surface area contributed by atoms with Crippen LogP contribution in [0, 0.1) is 11.8 Å². The second kappa shape index (κ2) is 6.80. The molecule has 0 aliphatic carbocycles. The van der Waals surface area contributed by atoms with E-state index in [9.17, 15) is 4.79 Å². The van der Waals surface area contributed by atoms with Gasteiger partial charge in [0, 0.05) is 23.8 Å². The summed E-state index contributed by atoms with van der Waals surface area (Å²) in [5.41, 5.74) is 6.86. The molecular formula is C15H23ClN2O. The van der Waals surface area contributed by atoms with Crippen LogP contribution in [0.4, 0.5) is 5.69 Å². The third kappa shape index (κ3) is 4.75. The quantitative estimate of drug-likeness (QED) is 0.838. The predicted octanol–water partition coefficient (Wildman–Crippen LogP) is 3.68. The molecule has 0 aliphatic rings. The second-order valence-corrected chi connectivity index (χ2v) is 6.17. The van der Waals surface area contributed by atoms with Crippen molar-refractivity contribution in [3.8, 4) is 0 Å². The number of nitrogens with zero attached hydrogens (tertiary/aromatic N) is 1. The van der Waals surface area contributed by atoms with Crippen LogP contribution in [0.3, 0.4) is 0 Å². The van der Waals surface area contributed by atoms with E-state index in [0.29, 0.717) is 28.1 Å². The second-order valence-electron chi connectivity index (χ2n) is 5.73. The molecule has 0 radical (unpaired) electrons.